The molecule has 220 valence electrons. The second-order valence-corrected chi connectivity index (χ2v) is 22.9. The first-order chi connectivity index (χ1) is 19.4. The highest BCUT2D eigenvalue weighted by atomic mass is 32.3. The van der Waals surface area contributed by atoms with Crippen molar-refractivity contribution >= 4 is 153 Å². The molecule has 4 aliphatic rings. The van der Waals surface area contributed by atoms with E-state index in [2.05, 4.69) is 13.8 Å². The Morgan fingerprint density at radius 3 is 1.10 bits per heavy atom. The van der Waals surface area contributed by atoms with Crippen molar-refractivity contribution in [3.8, 4) is 0 Å². The van der Waals surface area contributed by atoms with Crippen LogP contribution in [0.1, 0.15) is 40.5 Å². The van der Waals surface area contributed by atoms with Crippen LogP contribution in [0.3, 0.4) is 0 Å². The summed E-state index contributed by atoms with van der Waals surface area (Å²) in [4.78, 5) is 23.7. The number of hydrogen-bond donors (Lipinski definition) is 0. The van der Waals surface area contributed by atoms with Crippen LogP contribution in [0.25, 0.3) is 0 Å². The number of carbonyl (C=O) groups is 2. The summed E-state index contributed by atoms with van der Waals surface area (Å²) in [6, 6.07) is 0. The first-order valence-electron chi connectivity index (χ1n) is 12.4. The van der Waals surface area contributed by atoms with Crippen LogP contribution >= 0.6 is 141 Å². The van der Waals surface area contributed by atoms with Crippen molar-refractivity contribution in [1.29, 1.82) is 0 Å². The number of hydrogen-bond acceptors (Lipinski definition) is 16. The summed E-state index contributed by atoms with van der Waals surface area (Å²) in [7, 11) is 0. The number of thioether (sulfide) groups is 12. The van der Waals surface area contributed by atoms with Gasteiger partial charge in [0, 0.05) is 11.5 Å². The fraction of sp³-hybridized carbons (Fsp3) is 0.500. The van der Waals surface area contributed by atoms with Crippen molar-refractivity contribution in [3.05, 3.63) is 42.4 Å². The number of rotatable bonds is 14. The van der Waals surface area contributed by atoms with Gasteiger partial charge in [-0.25, -0.2) is 0 Å². The van der Waals surface area contributed by atoms with Gasteiger partial charge in [0.15, 0.2) is 0 Å². The molecule has 4 nitrogen and oxygen atoms in total. The quantitative estimate of drug-likeness (QED) is 0.158. The van der Waals surface area contributed by atoms with Crippen molar-refractivity contribution < 1.29 is 19.1 Å². The number of carbonyl (C=O) groups excluding carboxylic acids is 2. The highest BCUT2D eigenvalue weighted by molar-refractivity contribution is 8.51. The van der Waals surface area contributed by atoms with E-state index in [0.717, 1.165) is 11.5 Å². The predicted molar refractivity (Wildman–Crippen MR) is 200 cm³/mol. The number of esters is 2. The first kappa shape index (κ1) is 34.7. The molecule has 0 bridgehead atoms. The van der Waals surface area contributed by atoms with Crippen LogP contribution in [0, 0.1) is 0 Å². The minimum Gasteiger partial charge on any atom is -0.466 e. The average molecular weight is 765 g/mol. The van der Waals surface area contributed by atoms with E-state index in [1.54, 1.807) is 47.0 Å². The van der Waals surface area contributed by atoms with E-state index in [-0.39, 0.29) is 11.9 Å². The van der Waals surface area contributed by atoms with Gasteiger partial charge in [0.2, 0.25) is 0 Å². The van der Waals surface area contributed by atoms with Gasteiger partial charge < -0.3 is 9.47 Å². The van der Waals surface area contributed by atoms with Crippen LogP contribution in [-0.2, 0) is 19.1 Å². The minimum atomic E-state index is -0.155. The standard InChI is InChI=1S/C24H28O4S12/c1-5-27-13(25)9-11-31-17-18(32-12-10-14(26)28-6-2)36-20(35-17)22-39-23-24(40-22)38-21(37-23)19-33-15(29-7-3)16(34-19)30-8-4/h5-12H2,1-4H3. The Labute approximate surface area is 288 Å². The molecule has 16 heteroatoms. The predicted octanol–water partition coefficient (Wildman–Crippen LogP) is 11.4. The summed E-state index contributed by atoms with van der Waals surface area (Å²) in [5, 5.41) is 0. The Hall–Kier alpha value is 1.84. The van der Waals surface area contributed by atoms with E-state index in [0.29, 0.717) is 37.6 Å². The van der Waals surface area contributed by atoms with Gasteiger partial charge in [-0.3, -0.25) is 9.59 Å². The van der Waals surface area contributed by atoms with Gasteiger partial charge in [-0.05, 0) is 25.4 Å². The van der Waals surface area contributed by atoms with Crippen LogP contribution in [0.5, 0.6) is 0 Å². The summed E-state index contributed by atoms with van der Waals surface area (Å²) >= 11 is 22.5. The summed E-state index contributed by atoms with van der Waals surface area (Å²) in [5.74, 6) is 3.27. The lowest BCUT2D eigenvalue weighted by atomic mass is 10.5. The SMILES string of the molecule is CCOC(=O)CCSC1=C(SCCC(=O)OCC)SC(=C2SC3=C(SC(=C4SC(SCC)=C(SCC)S4)S3)S2)S1. The van der Waals surface area contributed by atoms with Gasteiger partial charge >= 0.3 is 11.9 Å². The van der Waals surface area contributed by atoms with Gasteiger partial charge in [0.25, 0.3) is 0 Å². The summed E-state index contributed by atoms with van der Waals surface area (Å²) in [6.45, 7) is 8.94. The molecule has 4 rings (SSSR count). The summed E-state index contributed by atoms with van der Waals surface area (Å²) < 4.78 is 23.8. The molecular formula is C24H28O4S12. The molecule has 0 N–H and O–H groups in total. The maximum Gasteiger partial charge on any atom is 0.306 e. The molecule has 0 aliphatic carbocycles. The third-order valence-corrected chi connectivity index (χ3v) is 22.0. The maximum atomic E-state index is 11.9. The molecule has 4 heterocycles. The zero-order chi connectivity index (χ0) is 28.5. The van der Waals surface area contributed by atoms with Gasteiger partial charge in [-0.15, -0.1) is 47.0 Å². The van der Waals surface area contributed by atoms with E-state index >= 15 is 0 Å². The molecule has 0 fully saturated rings. The second-order valence-electron chi connectivity index (χ2n) is 7.36. The lowest BCUT2D eigenvalue weighted by Crippen LogP contribution is -2.04. The van der Waals surface area contributed by atoms with Crippen LogP contribution in [0.15, 0.2) is 42.4 Å². The average Bonchev–Trinajstić information content (AvgIpc) is 3.68. The van der Waals surface area contributed by atoms with Gasteiger partial charge in [-0.1, -0.05) is 108 Å². The Bertz CT molecular complexity index is 1080. The van der Waals surface area contributed by atoms with Gasteiger partial charge in [-0.2, -0.15) is 0 Å². The molecule has 0 atom stereocenters. The molecule has 0 aromatic carbocycles. The van der Waals surface area contributed by atoms with Gasteiger partial charge in [0.1, 0.15) is 0 Å². The fourth-order valence-corrected chi connectivity index (χ4v) is 21.4. The molecule has 0 amide bonds. The molecule has 0 aromatic rings. The largest absolute Gasteiger partial charge is 0.466 e. The molecular weight excluding hydrogens is 737 g/mol. The lowest BCUT2D eigenvalue weighted by molar-refractivity contribution is -0.143. The zero-order valence-corrected chi connectivity index (χ0v) is 32.0. The Balaban J connectivity index is 1.37. The highest BCUT2D eigenvalue weighted by Gasteiger charge is 2.37. The third-order valence-electron chi connectivity index (χ3n) is 4.56. The topological polar surface area (TPSA) is 52.6 Å². The summed E-state index contributed by atoms with van der Waals surface area (Å²) in [6.07, 6.45) is 0.789. The molecule has 0 aromatic heterocycles. The highest BCUT2D eigenvalue weighted by Crippen LogP contribution is 2.73. The van der Waals surface area contributed by atoms with Crippen LogP contribution in [0.4, 0.5) is 0 Å². The van der Waals surface area contributed by atoms with Crippen LogP contribution < -0.4 is 0 Å². The van der Waals surface area contributed by atoms with Crippen LogP contribution in [0.2, 0.25) is 0 Å². The van der Waals surface area contributed by atoms with Crippen molar-refractivity contribution in [2.75, 3.05) is 36.2 Å². The fourth-order valence-electron chi connectivity index (χ4n) is 3.00. The molecule has 4 aliphatic heterocycles. The minimum absolute atomic E-state index is 0.155. The molecule has 40 heavy (non-hydrogen) atoms. The van der Waals surface area contributed by atoms with Crippen molar-refractivity contribution in [2.45, 2.75) is 40.5 Å². The zero-order valence-electron chi connectivity index (χ0n) is 22.2. The van der Waals surface area contributed by atoms with Crippen LogP contribution in [-0.4, -0.2) is 48.2 Å². The summed E-state index contributed by atoms with van der Waals surface area (Å²) in [5.41, 5.74) is 0. The van der Waals surface area contributed by atoms with Gasteiger partial charge in [0.05, 0.1) is 68.4 Å². The van der Waals surface area contributed by atoms with Crippen molar-refractivity contribution in [3.63, 3.8) is 0 Å². The van der Waals surface area contributed by atoms with E-state index in [1.807, 2.05) is 108 Å². The van der Waals surface area contributed by atoms with Crippen molar-refractivity contribution in [2.24, 2.45) is 0 Å². The molecule has 0 saturated carbocycles. The third kappa shape index (κ3) is 9.92. The molecule has 0 unspecified atom stereocenters. The lowest BCUT2D eigenvalue weighted by Gasteiger charge is -2.07. The molecule has 0 radical (unpaired) electrons. The monoisotopic (exact) mass is 764 g/mol. The van der Waals surface area contributed by atoms with Crippen molar-refractivity contribution in [1.82, 2.24) is 0 Å². The Kier molecular flexibility index (Phi) is 15.7. The normalized spacial score (nSPS) is 19.1. The smallest absolute Gasteiger partial charge is 0.306 e. The Morgan fingerprint density at radius 2 is 0.800 bits per heavy atom. The van der Waals surface area contributed by atoms with E-state index in [1.165, 1.54) is 42.4 Å². The van der Waals surface area contributed by atoms with E-state index in [4.69, 9.17) is 9.47 Å². The Morgan fingerprint density at radius 1 is 0.500 bits per heavy atom. The second kappa shape index (κ2) is 18.1. The first-order valence-corrected chi connectivity index (χ1v) is 22.9. The van der Waals surface area contributed by atoms with E-state index < -0.39 is 0 Å². The molecule has 0 saturated heterocycles. The molecule has 0 spiro atoms. The number of ether oxygens (including phenoxy) is 2. The van der Waals surface area contributed by atoms with E-state index in [9.17, 15) is 9.59 Å². The maximum absolute atomic E-state index is 11.9.